The van der Waals surface area contributed by atoms with Crippen LogP contribution in [0.15, 0.2) is 29.6 Å². The Labute approximate surface area is 117 Å². The zero-order chi connectivity index (χ0) is 13.2. The van der Waals surface area contributed by atoms with Crippen molar-refractivity contribution in [2.45, 2.75) is 25.3 Å². The van der Waals surface area contributed by atoms with Crippen molar-refractivity contribution in [1.29, 1.82) is 0 Å². The molecule has 0 aliphatic heterocycles. The Morgan fingerprint density at radius 3 is 3.11 bits per heavy atom. The summed E-state index contributed by atoms with van der Waals surface area (Å²) in [6.45, 7) is 0. The molecule has 0 bridgehead atoms. The average molecular weight is 274 g/mol. The van der Waals surface area contributed by atoms with E-state index in [4.69, 9.17) is 10.5 Å². The van der Waals surface area contributed by atoms with Gasteiger partial charge in [0.15, 0.2) is 0 Å². The maximum atomic E-state index is 5.84. The van der Waals surface area contributed by atoms with E-state index < -0.39 is 0 Å². The molecule has 1 heterocycles. The highest BCUT2D eigenvalue weighted by Gasteiger charge is 2.21. The lowest BCUT2D eigenvalue weighted by Crippen LogP contribution is -2.15. The van der Waals surface area contributed by atoms with Crippen molar-refractivity contribution in [2.75, 3.05) is 18.2 Å². The lowest BCUT2D eigenvalue weighted by atomic mass is 9.94. The van der Waals surface area contributed by atoms with Crippen molar-refractivity contribution in [3.05, 3.63) is 40.1 Å². The van der Waals surface area contributed by atoms with E-state index in [-0.39, 0.29) is 0 Å². The van der Waals surface area contributed by atoms with Crippen LogP contribution in [0.2, 0.25) is 0 Å². The van der Waals surface area contributed by atoms with Gasteiger partial charge in [0.25, 0.3) is 0 Å². The molecule has 100 valence electrons. The highest BCUT2D eigenvalue weighted by Crippen LogP contribution is 2.36. The van der Waals surface area contributed by atoms with E-state index in [0.717, 1.165) is 11.4 Å². The van der Waals surface area contributed by atoms with Crippen LogP contribution >= 0.6 is 11.3 Å². The Balaban J connectivity index is 1.83. The molecule has 1 atom stereocenters. The second-order valence-corrected chi connectivity index (χ2v) is 5.85. The van der Waals surface area contributed by atoms with Crippen molar-refractivity contribution in [3.63, 3.8) is 0 Å². The normalized spacial score (nSPS) is 17.8. The first-order valence-electron chi connectivity index (χ1n) is 6.54. The molecule has 0 saturated carbocycles. The number of hydrogen-bond acceptors (Lipinski definition) is 4. The SMILES string of the molecule is COc1cc(NC2CCCc3sccc32)ccc1N. The minimum absolute atomic E-state index is 0.406. The molecule has 19 heavy (non-hydrogen) atoms. The zero-order valence-corrected chi connectivity index (χ0v) is 11.8. The van der Waals surface area contributed by atoms with Crippen LogP contribution < -0.4 is 15.8 Å². The van der Waals surface area contributed by atoms with Gasteiger partial charge in [0.1, 0.15) is 5.75 Å². The molecule has 3 nitrogen and oxygen atoms in total. The summed E-state index contributed by atoms with van der Waals surface area (Å²) in [7, 11) is 1.65. The number of rotatable bonds is 3. The Kier molecular flexibility index (Phi) is 3.34. The van der Waals surface area contributed by atoms with E-state index in [1.165, 1.54) is 29.7 Å². The molecule has 1 unspecified atom stereocenters. The van der Waals surface area contributed by atoms with Crippen LogP contribution in [0.1, 0.15) is 29.3 Å². The second kappa shape index (κ2) is 5.13. The number of ether oxygens (including phenoxy) is 1. The summed E-state index contributed by atoms with van der Waals surface area (Å²) in [5.41, 5.74) is 9.03. The largest absolute Gasteiger partial charge is 0.495 e. The summed E-state index contributed by atoms with van der Waals surface area (Å²) in [6.07, 6.45) is 3.64. The molecule has 1 aliphatic rings. The van der Waals surface area contributed by atoms with Crippen LogP contribution in [0.3, 0.4) is 0 Å². The van der Waals surface area contributed by atoms with Crippen LogP contribution in [-0.4, -0.2) is 7.11 Å². The van der Waals surface area contributed by atoms with Gasteiger partial charge < -0.3 is 15.8 Å². The van der Waals surface area contributed by atoms with Crippen molar-refractivity contribution in [2.24, 2.45) is 0 Å². The third-order valence-electron chi connectivity index (χ3n) is 3.63. The molecular formula is C15H18N2OS. The standard InChI is InChI=1S/C15H18N2OS/c1-18-14-9-10(5-6-12(14)16)17-13-3-2-4-15-11(13)7-8-19-15/h5-9,13,17H,2-4,16H2,1H3. The Morgan fingerprint density at radius 2 is 2.26 bits per heavy atom. The van der Waals surface area contributed by atoms with Gasteiger partial charge in [-0.1, -0.05) is 0 Å². The quantitative estimate of drug-likeness (QED) is 0.836. The van der Waals surface area contributed by atoms with Crippen molar-refractivity contribution in [3.8, 4) is 5.75 Å². The smallest absolute Gasteiger partial charge is 0.143 e. The summed E-state index contributed by atoms with van der Waals surface area (Å²) in [4.78, 5) is 1.52. The van der Waals surface area contributed by atoms with E-state index >= 15 is 0 Å². The Morgan fingerprint density at radius 1 is 1.37 bits per heavy atom. The molecule has 0 saturated heterocycles. The van der Waals surface area contributed by atoms with Gasteiger partial charge in [-0.2, -0.15) is 0 Å². The molecule has 0 radical (unpaired) electrons. The fourth-order valence-electron chi connectivity index (χ4n) is 2.64. The average Bonchev–Trinajstić information content (AvgIpc) is 2.90. The molecule has 2 aromatic rings. The predicted octanol–water partition coefficient (Wildman–Crippen LogP) is 3.83. The van der Waals surface area contributed by atoms with Crippen LogP contribution in [0.25, 0.3) is 0 Å². The van der Waals surface area contributed by atoms with Crippen molar-refractivity contribution >= 4 is 22.7 Å². The predicted molar refractivity (Wildman–Crippen MR) is 81.0 cm³/mol. The molecule has 1 aromatic carbocycles. The van der Waals surface area contributed by atoms with Crippen LogP contribution in [0.4, 0.5) is 11.4 Å². The lowest BCUT2D eigenvalue weighted by Gasteiger charge is -2.25. The summed E-state index contributed by atoms with van der Waals surface area (Å²) < 4.78 is 5.27. The van der Waals surface area contributed by atoms with E-state index in [9.17, 15) is 0 Å². The Bertz CT molecular complexity index is 579. The fraction of sp³-hybridized carbons (Fsp3) is 0.333. The molecule has 3 N–H and O–H groups in total. The molecule has 3 rings (SSSR count). The first kappa shape index (κ1) is 12.4. The highest BCUT2D eigenvalue weighted by molar-refractivity contribution is 7.10. The van der Waals surface area contributed by atoms with Crippen LogP contribution in [0.5, 0.6) is 5.75 Å². The van der Waals surface area contributed by atoms with Crippen molar-refractivity contribution in [1.82, 2.24) is 0 Å². The first-order valence-corrected chi connectivity index (χ1v) is 7.42. The number of anilines is 2. The number of nitrogen functional groups attached to an aromatic ring is 1. The van der Waals surface area contributed by atoms with Crippen molar-refractivity contribution < 1.29 is 4.74 Å². The number of nitrogens with one attached hydrogen (secondary N) is 1. The molecule has 1 aromatic heterocycles. The zero-order valence-electron chi connectivity index (χ0n) is 11.0. The Hall–Kier alpha value is -1.68. The number of nitrogens with two attached hydrogens (primary N) is 1. The fourth-order valence-corrected chi connectivity index (χ4v) is 3.63. The maximum Gasteiger partial charge on any atom is 0.143 e. The number of hydrogen-bond donors (Lipinski definition) is 2. The molecule has 0 spiro atoms. The number of aryl methyl sites for hydroxylation is 1. The van der Waals surface area contributed by atoms with E-state index in [1.54, 1.807) is 7.11 Å². The third-order valence-corrected chi connectivity index (χ3v) is 4.62. The van der Waals surface area contributed by atoms with Crippen LogP contribution in [-0.2, 0) is 6.42 Å². The number of benzene rings is 1. The van der Waals surface area contributed by atoms with Crippen LogP contribution in [0, 0.1) is 0 Å². The minimum atomic E-state index is 0.406. The van der Waals surface area contributed by atoms with Gasteiger partial charge in [-0.25, -0.2) is 0 Å². The number of thiophene rings is 1. The highest BCUT2D eigenvalue weighted by atomic mass is 32.1. The van der Waals surface area contributed by atoms with E-state index in [1.807, 2.05) is 29.5 Å². The van der Waals surface area contributed by atoms with Gasteiger partial charge >= 0.3 is 0 Å². The van der Waals surface area contributed by atoms with Gasteiger partial charge in [0.05, 0.1) is 18.8 Å². The van der Waals surface area contributed by atoms with Gasteiger partial charge in [0, 0.05) is 16.6 Å². The molecule has 1 aliphatic carbocycles. The maximum absolute atomic E-state index is 5.84. The molecular weight excluding hydrogens is 256 g/mol. The van der Waals surface area contributed by atoms with Gasteiger partial charge in [-0.15, -0.1) is 11.3 Å². The van der Waals surface area contributed by atoms with Gasteiger partial charge in [0.2, 0.25) is 0 Å². The first-order chi connectivity index (χ1) is 9.28. The second-order valence-electron chi connectivity index (χ2n) is 4.85. The van der Waals surface area contributed by atoms with Gasteiger partial charge in [-0.3, -0.25) is 0 Å². The van der Waals surface area contributed by atoms with Gasteiger partial charge in [-0.05, 0) is 48.4 Å². The molecule has 0 amide bonds. The summed E-state index contributed by atoms with van der Waals surface area (Å²) in [5.74, 6) is 0.728. The number of methoxy groups -OCH3 is 1. The summed E-state index contributed by atoms with van der Waals surface area (Å²) in [6, 6.07) is 8.52. The summed E-state index contributed by atoms with van der Waals surface area (Å²) in [5, 5.41) is 5.78. The lowest BCUT2D eigenvalue weighted by molar-refractivity contribution is 0.417. The summed E-state index contributed by atoms with van der Waals surface area (Å²) >= 11 is 1.87. The molecule has 4 heteroatoms. The minimum Gasteiger partial charge on any atom is -0.495 e. The third kappa shape index (κ3) is 2.40. The topological polar surface area (TPSA) is 47.3 Å². The number of fused-ring (bicyclic) bond motifs is 1. The van der Waals surface area contributed by atoms with E-state index in [0.29, 0.717) is 11.7 Å². The van der Waals surface area contributed by atoms with E-state index in [2.05, 4.69) is 16.8 Å². The monoisotopic (exact) mass is 274 g/mol. The molecule has 0 fully saturated rings.